The summed E-state index contributed by atoms with van der Waals surface area (Å²) in [5, 5.41) is 0. The monoisotopic (exact) mass is 2530 g/mol. The largest absolute Gasteiger partial charge is 2.00 e. The SMILES string of the molecule is CC(C)(C)c1ccc(N(c2cccc(-c3[c-]cccc3)n2)c2cccc(-c3[c-]cccc3)n2)cc1.CC(C)(C)c1ccc(N(c2cccc(-c3ccccn3)n2)c2cccc(-c3ccccn3)n2)cc1.Cc1cc(C)c(N(c2cccc(-c3[c-]cccc3)n2)c2cccc(-c3[c-]cccc3)n2)c(C)c1.[Pt+2].[Pt+2].[Pt+2].[Pt].[c-]1ccccc1-c1cccc(N(c2ccccc2)c2cccc(-c3[c-]cccc3)n2)n1. The maximum atomic E-state index is 5.05. The molecule has 0 aliphatic carbocycles. The van der Waals surface area contributed by atoms with E-state index >= 15 is 0 Å². The summed E-state index contributed by atoms with van der Waals surface area (Å²) in [6.45, 7) is 19.7. The first kappa shape index (κ1) is 102. The molecule has 0 fully saturated rings. The third-order valence-electron chi connectivity index (χ3n) is 22.3. The second-order valence-electron chi connectivity index (χ2n) is 34.2. The molecule has 20 rings (SSSR count). The molecule has 0 N–H and O–H groups in total. The molecule has 0 aliphatic heterocycles. The molecule has 0 amide bonds. The van der Waals surface area contributed by atoms with Gasteiger partial charge in [-0.05, 0) is 209 Å². The van der Waals surface area contributed by atoms with Crippen molar-refractivity contribution in [3.8, 4) is 90.3 Å². The van der Waals surface area contributed by atoms with Crippen LogP contribution in [0, 0.1) is 57.2 Å². The van der Waals surface area contributed by atoms with Crippen molar-refractivity contribution in [1.29, 1.82) is 0 Å². The molecule has 14 nitrogen and oxygen atoms in total. The van der Waals surface area contributed by atoms with Gasteiger partial charge in [-0.15, -0.1) is 215 Å². The predicted molar refractivity (Wildman–Crippen MR) is 551 cm³/mol. The Morgan fingerprint density at radius 1 is 0.209 bits per heavy atom. The minimum atomic E-state index is 0. The van der Waals surface area contributed by atoms with Crippen LogP contribution in [0.5, 0.6) is 0 Å². The molecule has 0 aliphatic rings. The van der Waals surface area contributed by atoms with Crippen LogP contribution in [0.25, 0.3) is 90.3 Å². The third-order valence-corrected chi connectivity index (χ3v) is 22.3. The van der Waals surface area contributed by atoms with Crippen molar-refractivity contribution in [1.82, 2.24) is 49.8 Å². The number of benzene rings is 10. The van der Waals surface area contributed by atoms with E-state index in [1.807, 2.05) is 346 Å². The van der Waals surface area contributed by atoms with E-state index in [9.17, 15) is 0 Å². The van der Waals surface area contributed by atoms with Crippen LogP contribution < -0.4 is 19.6 Å². The van der Waals surface area contributed by atoms with Gasteiger partial charge in [-0.3, -0.25) is 59.5 Å². The molecule has 0 spiro atoms. The molecule has 20 aromatic rings. The Kier molecular flexibility index (Phi) is 35.7. The quantitative estimate of drug-likeness (QED) is 0.0668. The molecule has 18 heteroatoms. The minimum absolute atomic E-state index is 0. The van der Waals surface area contributed by atoms with Crippen molar-refractivity contribution >= 4 is 69.3 Å². The first-order chi connectivity index (χ1) is 66.0. The Labute approximate surface area is 873 Å². The average Bonchev–Trinajstić information content (AvgIpc) is 0.769. The van der Waals surface area contributed by atoms with Gasteiger partial charge in [0.2, 0.25) is 0 Å². The number of aryl methyl sites for hydroxylation is 3. The molecule has 10 heterocycles. The maximum absolute atomic E-state index is 5.05. The van der Waals surface area contributed by atoms with Gasteiger partial charge in [0.15, 0.2) is 0 Å². The number of rotatable bonds is 20. The maximum Gasteiger partial charge on any atom is 2.00 e. The molecule has 0 unspecified atom stereocenters. The molecule has 0 saturated heterocycles. The second-order valence-corrected chi connectivity index (χ2v) is 34.2. The van der Waals surface area contributed by atoms with E-state index in [1.165, 1.54) is 27.8 Å². The van der Waals surface area contributed by atoms with Gasteiger partial charge in [-0.2, -0.15) is 0 Å². The van der Waals surface area contributed by atoms with Gasteiger partial charge in [-0.1, -0.05) is 199 Å². The Morgan fingerprint density at radius 3 is 0.655 bits per heavy atom. The normalized spacial score (nSPS) is 10.7. The van der Waals surface area contributed by atoms with Crippen LogP contribution in [-0.2, 0) is 95.1 Å². The fraction of sp³-hybridized carbons (Fsp3) is 0.0909. The summed E-state index contributed by atoms with van der Waals surface area (Å²) < 4.78 is 0. The number of nitrogens with zero attached hydrogens (tertiary/aromatic N) is 14. The van der Waals surface area contributed by atoms with Crippen molar-refractivity contribution in [2.24, 2.45) is 0 Å². The first-order valence-electron chi connectivity index (χ1n) is 44.9. The Bertz CT molecular complexity index is 6710. The summed E-state index contributed by atoms with van der Waals surface area (Å²) in [6.07, 6.45) is 3.56. The fourth-order valence-corrected chi connectivity index (χ4v) is 15.7. The van der Waals surface area contributed by atoms with Crippen molar-refractivity contribution in [2.45, 2.75) is 73.1 Å². The van der Waals surface area contributed by atoms with Gasteiger partial charge in [-0.25, -0.2) is 9.97 Å². The third kappa shape index (κ3) is 25.9. The molecule has 0 radical (unpaired) electrons. The number of anilines is 12. The topological polar surface area (TPSA) is 142 Å². The van der Waals surface area contributed by atoms with E-state index in [-0.39, 0.29) is 95.1 Å². The average molecular weight is 2530 g/mol. The summed E-state index contributed by atoms with van der Waals surface area (Å²) in [5.41, 5.74) is 24.6. The number of hydrogen-bond acceptors (Lipinski definition) is 14. The smallest absolute Gasteiger partial charge is 0.280 e. The standard InChI is InChI=1S/C32H27N3.C31H25N3.C30H27N5.C28H19N3.4Pt/c1-32(2,3)26-20-22-27(23-21-26)35(30-18-10-16-28(33-30)24-12-6-4-7-13-24)31-19-11-17-29(34-31)25-14-8-5-9-15-25;1-22-20-23(2)31(24(3)21-22)34(29-18-10-16-27(32-29)25-12-6-4-7-13-25)30-19-11-17-28(33-30)26-14-8-5-9-15-26;1-30(2,3)22-16-18-23(19-17-22)35(28-14-8-12-26(33-28)24-10-4-6-20-31-24)29-15-9-13-27(34-29)25-11-5-7-21-32-25;1-4-12-22(13-5-1)25-18-10-20-27(29-25)31(24-16-8-3-9-17-24)28-21-11-19-26(30-28)23-14-6-2-7-15-23;;;;/h4-12,14,16-23H,1-3H3;4-12,14,16-21H,1-3H3;4-21H,1-3H3;1-12,14,16-21H;;;;/q2*-2;;-2;;3*+2. The molecule has 10 aromatic carbocycles. The van der Waals surface area contributed by atoms with E-state index in [0.29, 0.717) is 0 Å². The number of hydrogen-bond donors (Lipinski definition) is 0. The first-order valence-corrected chi connectivity index (χ1v) is 44.9. The van der Waals surface area contributed by atoms with Crippen LogP contribution in [0.1, 0.15) is 69.4 Å². The zero-order valence-electron chi connectivity index (χ0n) is 78.0. The minimum Gasteiger partial charge on any atom is -0.280 e. The van der Waals surface area contributed by atoms with E-state index in [0.717, 1.165) is 160 Å². The van der Waals surface area contributed by atoms with Crippen LogP contribution in [0.2, 0.25) is 0 Å². The summed E-state index contributed by atoms with van der Waals surface area (Å²) in [5.74, 6) is 6.34. The Hall–Kier alpha value is -14.3. The van der Waals surface area contributed by atoms with Crippen LogP contribution in [0.15, 0.2) is 431 Å². The van der Waals surface area contributed by atoms with E-state index in [1.54, 1.807) is 12.4 Å². The summed E-state index contributed by atoms with van der Waals surface area (Å²) in [4.78, 5) is 57.3. The number of aromatic nitrogens is 10. The van der Waals surface area contributed by atoms with E-state index in [2.05, 4.69) is 201 Å². The van der Waals surface area contributed by atoms with Crippen LogP contribution in [-0.4, -0.2) is 49.8 Å². The second kappa shape index (κ2) is 48.6. The molecule has 0 atom stereocenters. The van der Waals surface area contributed by atoms with Gasteiger partial charge < -0.3 is 0 Å². The molecular weight excluding hydrogens is 2430 g/mol. The van der Waals surface area contributed by atoms with Gasteiger partial charge in [0, 0.05) is 50.5 Å². The van der Waals surface area contributed by atoms with Crippen LogP contribution >= 0.6 is 0 Å². The molecule has 0 saturated carbocycles. The molecule has 0 bridgehead atoms. The van der Waals surface area contributed by atoms with Crippen molar-refractivity contribution in [3.05, 3.63) is 495 Å². The fourth-order valence-electron chi connectivity index (χ4n) is 15.7. The Morgan fingerprint density at radius 2 is 0.424 bits per heavy atom. The van der Waals surface area contributed by atoms with E-state index < -0.39 is 0 Å². The number of pyridine rings is 10. The van der Waals surface area contributed by atoms with Crippen molar-refractivity contribution in [3.63, 3.8) is 0 Å². The van der Waals surface area contributed by atoms with Crippen LogP contribution in [0.3, 0.4) is 0 Å². The molecule has 692 valence electrons. The summed E-state index contributed by atoms with van der Waals surface area (Å²) >= 11 is 0. The van der Waals surface area contributed by atoms with Gasteiger partial charge in [0.1, 0.15) is 46.5 Å². The summed E-state index contributed by atoms with van der Waals surface area (Å²) in [6, 6.07) is 159. The van der Waals surface area contributed by atoms with Gasteiger partial charge in [0.25, 0.3) is 0 Å². The Balaban J connectivity index is 0.000000155. The number of para-hydroxylation sites is 1. The van der Waals surface area contributed by atoms with Crippen molar-refractivity contribution < 1.29 is 84.3 Å². The molecular formula is C121H98N14Pt4. The zero-order valence-corrected chi connectivity index (χ0v) is 87.1. The summed E-state index contributed by atoms with van der Waals surface area (Å²) in [7, 11) is 0. The zero-order chi connectivity index (χ0) is 92.9. The molecule has 139 heavy (non-hydrogen) atoms. The van der Waals surface area contributed by atoms with Crippen LogP contribution in [0.4, 0.5) is 69.3 Å². The van der Waals surface area contributed by atoms with Gasteiger partial charge in [0.05, 0.1) is 28.5 Å². The van der Waals surface area contributed by atoms with Gasteiger partial charge >= 0.3 is 63.2 Å². The predicted octanol–water partition coefficient (Wildman–Crippen LogP) is 30.2. The van der Waals surface area contributed by atoms with Crippen molar-refractivity contribution in [2.75, 3.05) is 19.6 Å². The van der Waals surface area contributed by atoms with E-state index in [4.69, 9.17) is 39.9 Å². The molecule has 10 aromatic heterocycles.